The minimum Gasteiger partial charge on any atom is -0.457 e. The van der Waals surface area contributed by atoms with E-state index >= 15 is 0 Å². The molecule has 9 heteroatoms. The summed E-state index contributed by atoms with van der Waals surface area (Å²) in [4.78, 5) is 31.1. The molecule has 0 fully saturated rings. The van der Waals surface area contributed by atoms with E-state index in [1.165, 1.54) is 4.57 Å². The molecular formula is C23H22N6O3. The van der Waals surface area contributed by atoms with Crippen molar-refractivity contribution in [2.24, 2.45) is 7.05 Å². The van der Waals surface area contributed by atoms with Crippen molar-refractivity contribution in [1.82, 2.24) is 23.5 Å². The highest BCUT2D eigenvalue weighted by Gasteiger charge is 2.17. The number of nitrogens with one attached hydrogen (secondary N) is 2. The Morgan fingerprint density at radius 1 is 1.03 bits per heavy atom. The molecule has 0 radical (unpaired) electrons. The Kier molecular flexibility index (Phi) is 4.78. The van der Waals surface area contributed by atoms with E-state index in [-0.39, 0.29) is 0 Å². The molecule has 2 aromatic carbocycles. The number of rotatable bonds is 6. The van der Waals surface area contributed by atoms with Gasteiger partial charge in [-0.1, -0.05) is 18.2 Å². The largest absolute Gasteiger partial charge is 0.457 e. The van der Waals surface area contributed by atoms with Gasteiger partial charge in [-0.25, -0.2) is 4.79 Å². The summed E-state index contributed by atoms with van der Waals surface area (Å²) in [5.74, 6) is 2.19. The maximum atomic E-state index is 12.3. The van der Waals surface area contributed by atoms with Crippen molar-refractivity contribution in [1.29, 1.82) is 0 Å². The second-order valence-corrected chi connectivity index (χ2v) is 7.56. The molecule has 0 unspecified atom stereocenters. The van der Waals surface area contributed by atoms with Crippen LogP contribution in [-0.2, 0) is 13.6 Å². The summed E-state index contributed by atoms with van der Waals surface area (Å²) < 4.78 is 10.9. The molecule has 0 amide bonds. The van der Waals surface area contributed by atoms with Gasteiger partial charge >= 0.3 is 5.69 Å². The number of aromatic nitrogens is 5. The lowest BCUT2D eigenvalue weighted by molar-refractivity contribution is 0.483. The third kappa shape index (κ3) is 3.43. The zero-order chi connectivity index (χ0) is 22.2. The molecule has 0 saturated carbocycles. The molecule has 2 N–H and O–H groups in total. The van der Waals surface area contributed by atoms with Crippen LogP contribution in [0.3, 0.4) is 0 Å². The average molecular weight is 430 g/mol. The number of ether oxygens (including phenoxy) is 1. The fourth-order valence-electron chi connectivity index (χ4n) is 3.77. The van der Waals surface area contributed by atoms with Gasteiger partial charge in [0.2, 0.25) is 5.78 Å². The van der Waals surface area contributed by atoms with Crippen LogP contribution in [-0.4, -0.2) is 30.0 Å². The van der Waals surface area contributed by atoms with Crippen molar-refractivity contribution >= 4 is 22.6 Å². The van der Waals surface area contributed by atoms with Crippen LogP contribution in [0.25, 0.3) is 16.9 Å². The molecule has 0 aliphatic carbocycles. The summed E-state index contributed by atoms with van der Waals surface area (Å²) in [6.45, 7) is 3.26. The minimum atomic E-state index is -0.479. The zero-order valence-corrected chi connectivity index (χ0v) is 17.7. The number of aryl methyl sites for hydroxylation is 2. The zero-order valence-electron chi connectivity index (χ0n) is 17.7. The first-order valence-electron chi connectivity index (χ1n) is 10.3. The summed E-state index contributed by atoms with van der Waals surface area (Å²) in [6, 6.07) is 17.4. The summed E-state index contributed by atoms with van der Waals surface area (Å²) in [7, 11) is 1.59. The van der Waals surface area contributed by atoms with Crippen LogP contribution in [0.15, 0.2) is 70.4 Å². The number of imidazole rings is 2. The number of fused-ring (bicyclic) bond motifs is 3. The third-order valence-electron chi connectivity index (χ3n) is 5.41. The van der Waals surface area contributed by atoms with Crippen LogP contribution in [0.4, 0.5) is 5.69 Å². The van der Waals surface area contributed by atoms with Gasteiger partial charge in [0.05, 0.1) is 0 Å². The van der Waals surface area contributed by atoms with Crippen molar-refractivity contribution in [2.75, 3.05) is 11.9 Å². The third-order valence-corrected chi connectivity index (χ3v) is 5.41. The van der Waals surface area contributed by atoms with Crippen LogP contribution < -0.4 is 21.3 Å². The van der Waals surface area contributed by atoms with Crippen LogP contribution in [0, 0.1) is 6.92 Å². The fourth-order valence-corrected chi connectivity index (χ4v) is 3.77. The van der Waals surface area contributed by atoms with E-state index in [9.17, 15) is 9.59 Å². The molecule has 3 aromatic heterocycles. The average Bonchev–Trinajstić information content (AvgIpc) is 3.30. The number of para-hydroxylation sites is 1. The highest BCUT2D eigenvalue weighted by Crippen LogP contribution is 2.22. The number of nitrogens with zero attached hydrogens (tertiary/aromatic N) is 4. The second-order valence-electron chi connectivity index (χ2n) is 7.56. The Bertz CT molecular complexity index is 1520. The van der Waals surface area contributed by atoms with E-state index in [0.29, 0.717) is 30.0 Å². The lowest BCUT2D eigenvalue weighted by Crippen LogP contribution is -2.28. The monoisotopic (exact) mass is 430 g/mol. The van der Waals surface area contributed by atoms with Crippen molar-refractivity contribution in [2.45, 2.75) is 13.5 Å². The van der Waals surface area contributed by atoms with Gasteiger partial charge in [0.25, 0.3) is 5.56 Å². The number of aromatic amines is 1. The van der Waals surface area contributed by atoms with Crippen LogP contribution >= 0.6 is 0 Å². The molecule has 0 saturated heterocycles. The molecule has 5 aromatic rings. The molecule has 0 atom stereocenters. The fraction of sp³-hybridized carbons (Fsp3) is 0.174. The standard InChI is InChI=1S/C23H22N6O3/c1-15-14-29-19-20(27(2)23(31)26-21(19)30)25-22(29)28(15)13-12-24-16-8-10-18(11-9-16)32-17-6-4-3-5-7-17/h3-11,14,24H,12-13H2,1-2H3,(H,26,30,31). The van der Waals surface area contributed by atoms with Crippen molar-refractivity contribution in [3.8, 4) is 11.5 Å². The molecule has 0 bridgehead atoms. The maximum absolute atomic E-state index is 12.3. The number of anilines is 1. The van der Waals surface area contributed by atoms with E-state index in [4.69, 9.17) is 4.74 Å². The highest BCUT2D eigenvalue weighted by atomic mass is 16.5. The van der Waals surface area contributed by atoms with E-state index in [1.807, 2.05) is 72.3 Å². The molecule has 32 heavy (non-hydrogen) atoms. The van der Waals surface area contributed by atoms with Gasteiger partial charge < -0.3 is 14.6 Å². The van der Waals surface area contributed by atoms with Crippen LogP contribution in [0.2, 0.25) is 0 Å². The lowest BCUT2D eigenvalue weighted by atomic mass is 10.3. The normalized spacial score (nSPS) is 11.3. The van der Waals surface area contributed by atoms with Crippen molar-refractivity contribution < 1.29 is 4.74 Å². The smallest absolute Gasteiger partial charge is 0.329 e. The molecule has 162 valence electrons. The Hall–Kier alpha value is -4.27. The van der Waals surface area contributed by atoms with Gasteiger partial charge in [-0.2, -0.15) is 4.98 Å². The quantitative estimate of drug-likeness (QED) is 0.432. The first-order chi connectivity index (χ1) is 15.5. The van der Waals surface area contributed by atoms with Crippen molar-refractivity contribution in [3.63, 3.8) is 0 Å². The van der Waals surface area contributed by atoms with Crippen LogP contribution in [0.1, 0.15) is 5.69 Å². The Labute approximate surface area is 182 Å². The number of H-pyrrole nitrogens is 1. The molecule has 0 spiro atoms. The van der Waals surface area contributed by atoms with Crippen LogP contribution in [0.5, 0.6) is 11.5 Å². The predicted octanol–water partition coefficient (Wildman–Crippen LogP) is 2.89. The molecule has 5 rings (SSSR count). The van der Waals surface area contributed by atoms with Gasteiger partial charge in [-0.3, -0.25) is 18.7 Å². The van der Waals surface area contributed by atoms with Gasteiger partial charge in [0.1, 0.15) is 11.5 Å². The number of benzene rings is 2. The van der Waals surface area contributed by atoms with Gasteiger partial charge in [0, 0.05) is 37.7 Å². The SMILES string of the molecule is Cc1cn2c3c(=O)[nH]c(=O)n(C)c3nc2n1CCNc1ccc(Oc2ccccc2)cc1. The van der Waals surface area contributed by atoms with Gasteiger partial charge in [0.15, 0.2) is 11.2 Å². The number of hydrogen-bond acceptors (Lipinski definition) is 5. The summed E-state index contributed by atoms with van der Waals surface area (Å²) >= 11 is 0. The second kappa shape index (κ2) is 7.77. The first kappa shape index (κ1) is 19.7. The summed E-state index contributed by atoms with van der Waals surface area (Å²) in [6.07, 6.45) is 1.86. The highest BCUT2D eigenvalue weighted by molar-refractivity contribution is 5.75. The Morgan fingerprint density at radius 3 is 2.50 bits per heavy atom. The van der Waals surface area contributed by atoms with E-state index in [1.54, 1.807) is 11.4 Å². The first-order valence-corrected chi connectivity index (χ1v) is 10.3. The summed E-state index contributed by atoms with van der Waals surface area (Å²) in [5, 5.41) is 3.40. The Balaban J connectivity index is 1.32. The molecule has 0 aliphatic rings. The van der Waals surface area contributed by atoms with Gasteiger partial charge in [-0.15, -0.1) is 0 Å². The lowest BCUT2D eigenvalue weighted by Gasteiger charge is -2.10. The van der Waals surface area contributed by atoms with Gasteiger partial charge in [-0.05, 0) is 43.3 Å². The van der Waals surface area contributed by atoms with Crippen molar-refractivity contribution in [3.05, 3.63) is 87.3 Å². The van der Waals surface area contributed by atoms with E-state index in [0.717, 1.165) is 22.9 Å². The van der Waals surface area contributed by atoms with E-state index in [2.05, 4.69) is 15.3 Å². The topological polar surface area (TPSA) is 98.4 Å². The Morgan fingerprint density at radius 2 is 1.75 bits per heavy atom. The minimum absolute atomic E-state index is 0.365. The molecule has 9 nitrogen and oxygen atoms in total. The maximum Gasteiger partial charge on any atom is 0.329 e. The molecular weight excluding hydrogens is 408 g/mol. The predicted molar refractivity (Wildman–Crippen MR) is 123 cm³/mol. The molecule has 0 aliphatic heterocycles. The molecule has 3 heterocycles. The van der Waals surface area contributed by atoms with E-state index < -0.39 is 11.2 Å². The number of hydrogen-bond donors (Lipinski definition) is 2. The summed E-state index contributed by atoms with van der Waals surface area (Å²) in [5.41, 5.74) is 1.75.